The molecule has 136 valence electrons. The molecular weight excluding hydrogens is 366 g/mol. The Labute approximate surface area is 158 Å². The van der Waals surface area contributed by atoms with Crippen LogP contribution in [0.5, 0.6) is 11.5 Å². The number of hydrogen-bond acceptors (Lipinski definition) is 7. The standard InChI is InChI=1S/C18H15N5O3S/c1-25-13-8-6-11(7-9-13)16(24)19-17-22-23-15(20-21-18(23)27-17)12-4-3-5-14(10-12)26-2/h3-10H,1-2H3,(H,19,22,24). The molecule has 2 aromatic carbocycles. The predicted octanol–water partition coefficient (Wildman–Crippen LogP) is 3.12. The van der Waals surface area contributed by atoms with Crippen LogP contribution < -0.4 is 14.8 Å². The van der Waals surface area contributed by atoms with Gasteiger partial charge < -0.3 is 9.47 Å². The van der Waals surface area contributed by atoms with Crippen molar-refractivity contribution >= 4 is 27.3 Å². The van der Waals surface area contributed by atoms with E-state index in [4.69, 9.17) is 9.47 Å². The van der Waals surface area contributed by atoms with E-state index in [1.54, 1.807) is 43.0 Å². The Morgan fingerprint density at radius 1 is 1.04 bits per heavy atom. The molecule has 0 unspecified atom stereocenters. The molecule has 0 aliphatic rings. The van der Waals surface area contributed by atoms with Gasteiger partial charge in [-0.2, -0.15) is 4.52 Å². The maximum atomic E-state index is 12.4. The van der Waals surface area contributed by atoms with Crippen LogP contribution in [0.25, 0.3) is 16.3 Å². The number of fused-ring (bicyclic) bond motifs is 1. The summed E-state index contributed by atoms with van der Waals surface area (Å²) in [7, 11) is 3.18. The molecule has 0 saturated heterocycles. The highest BCUT2D eigenvalue weighted by Crippen LogP contribution is 2.26. The van der Waals surface area contributed by atoms with Crippen LogP contribution in [0.3, 0.4) is 0 Å². The highest BCUT2D eigenvalue weighted by molar-refractivity contribution is 7.20. The molecule has 4 aromatic rings. The van der Waals surface area contributed by atoms with Gasteiger partial charge in [0.25, 0.3) is 5.91 Å². The zero-order valence-corrected chi connectivity index (χ0v) is 15.4. The third-order valence-electron chi connectivity index (χ3n) is 3.89. The Morgan fingerprint density at radius 2 is 1.81 bits per heavy atom. The van der Waals surface area contributed by atoms with E-state index in [0.717, 1.165) is 5.56 Å². The molecule has 2 aromatic heterocycles. The van der Waals surface area contributed by atoms with Crippen LogP contribution in [-0.4, -0.2) is 39.9 Å². The van der Waals surface area contributed by atoms with Gasteiger partial charge in [0, 0.05) is 11.1 Å². The molecule has 8 nitrogen and oxygen atoms in total. The minimum Gasteiger partial charge on any atom is -0.497 e. The minimum atomic E-state index is -0.259. The topological polar surface area (TPSA) is 90.6 Å². The number of ether oxygens (including phenoxy) is 2. The van der Waals surface area contributed by atoms with Crippen LogP contribution in [0, 0.1) is 0 Å². The Hall–Kier alpha value is -3.46. The van der Waals surface area contributed by atoms with E-state index in [9.17, 15) is 4.79 Å². The van der Waals surface area contributed by atoms with Gasteiger partial charge in [0.05, 0.1) is 14.2 Å². The highest BCUT2D eigenvalue weighted by Gasteiger charge is 2.16. The molecule has 0 fully saturated rings. The molecule has 1 amide bonds. The number of hydrogen-bond donors (Lipinski definition) is 1. The summed E-state index contributed by atoms with van der Waals surface area (Å²) >= 11 is 1.24. The van der Waals surface area contributed by atoms with Crippen molar-refractivity contribution in [1.82, 2.24) is 19.8 Å². The lowest BCUT2D eigenvalue weighted by molar-refractivity contribution is 0.102. The Balaban J connectivity index is 1.60. The Morgan fingerprint density at radius 3 is 2.56 bits per heavy atom. The fraction of sp³-hybridized carbons (Fsp3) is 0.111. The first kappa shape index (κ1) is 17.0. The number of rotatable bonds is 5. The van der Waals surface area contributed by atoms with E-state index < -0.39 is 0 Å². The lowest BCUT2D eigenvalue weighted by Gasteiger charge is -2.03. The number of nitrogens with zero attached hydrogens (tertiary/aromatic N) is 4. The van der Waals surface area contributed by atoms with Crippen molar-refractivity contribution in [2.24, 2.45) is 0 Å². The molecule has 0 aliphatic heterocycles. The van der Waals surface area contributed by atoms with Gasteiger partial charge in [-0.1, -0.05) is 23.5 Å². The summed E-state index contributed by atoms with van der Waals surface area (Å²) in [6, 6.07) is 14.3. The second-order valence-electron chi connectivity index (χ2n) is 5.54. The first-order valence-electron chi connectivity index (χ1n) is 8.00. The van der Waals surface area contributed by atoms with Gasteiger partial charge in [0.2, 0.25) is 10.1 Å². The summed E-state index contributed by atoms with van der Waals surface area (Å²) in [5, 5.41) is 15.9. The van der Waals surface area contributed by atoms with Gasteiger partial charge in [-0.25, -0.2) is 0 Å². The van der Waals surface area contributed by atoms with Gasteiger partial charge in [0.15, 0.2) is 5.82 Å². The molecule has 0 aliphatic carbocycles. The van der Waals surface area contributed by atoms with Crippen molar-refractivity contribution in [2.45, 2.75) is 0 Å². The van der Waals surface area contributed by atoms with Crippen molar-refractivity contribution < 1.29 is 14.3 Å². The predicted molar refractivity (Wildman–Crippen MR) is 102 cm³/mol. The molecule has 1 N–H and O–H groups in total. The number of carbonyl (C=O) groups excluding carboxylic acids is 1. The lowest BCUT2D eigenvalue weighted by atomic mass is 10.2. The van der Waals surface area contributed by atoms with E-state index in [0.29, 0.717) is 33.0 Å². The lowest BCUT2D eigenvalue weighted by Crippen LogP contribution is -2.11. The number of anilines is 1. The van der Waals surface area contributed by atoms with Gasteiger partial charge >= 0.3 is 0 Å². The van der Waals surface area contributed by atoms with Crippen molar-refractivity contribution in [2.75, 3.05) is 19.5 Å². The van der Waals surface area contributed by atoms with Gasteiger partial charge in [-0.05, 0) is 36.4 Å². The summed E-state index contributed by atoms with van der Waals surface area (Å²) in [6.45, 7) is 0. The smallest absolute Gasteiger partial charge is 0.257 e. The fourth-order valence-electron chi connectivity index (χ4n) is 2.52. The largest absolute Gasteiger partial charge is 0.497 e. The average molecular weight is 381 g/mol. The fourth-order valence-corrected chi connectivity index (χ4v) is 3.26. The number of nitrogens with one attached hydrogen (secondary N) is 1. The number of aromatic nitrogens is 4. The normalized spacial score (nSPS) is 10.7. The molecule has 4 rings (SSSR count). The number of carbonyl (C=O) groups is 1. The van der Waals surface area contributed by atoms with Crippen LogP contribution in [0.2, 0.25) is 0 Å². The molecule has 0 atom stereocenters. The highest BCUT2D eigenvalue weighted by atomic mass is 32.1. The van der Waals surface area contributed by atoms with Crippen LogP contribution in [0.15, 0.2) is 48.5 Å². The minimum absolute atomic E-state index is 0.259. The maximum Gasteiger partial charge on any atom is 0.257 e. The summed E-state index contributed by atoms with van der Waals surface area (Å²) in [6.07, 6.45) is 0. The zero-order valence-electron chi connectivity index (χ0n) is 14.5. The van der Waals surface area contributed by atoms with Crippen molar-refractivity contribution in [1.29, 1.82) is 0 Å². The maximum absolute atomic E-state index is 12.4. The van der Waals surface area contributed by atoms with Crippen LogP contribution in [0.1, 0.15) is 10.4 Å². The summed E-state index contributed by atoms with van der Waals surface area (Å²) < 4.78 is 11.9. The summed E-state index contributed by atoms with van der Waals surface area (Å²) in [5.41, 5.74) is 1.33. The summed E-state index contributed by atoms with van der Waals surface area (Å²) in [5.74, 6) is 1.72. The van der Waals surface area contributed by atoms with Crippen molar-refractivity contribution in [3.05, 3.63) is 54.1 Å². The quantitative estimate of drug-likeness (QED) is 0.571. The number of amides is 1. The van der Waals surface area contributed by atoms with Crippen LogP contribution in [-0.2, 0) is 0 Å². The van der Waals surface area contributed by atoms with E-state index in [-0.39, 0.29) is 5.91 Å². The van der Waals surface area contributed by atoms with E-state index in [1.165, 1.54) is 11.3 Å². The Bertz CT molecular complexity index is 1100. The number of methoxy groups -OCH3 is 2. The molecule has 0 bridgehead atoms. The SMILES string of the molecule is COc1ccc(C(=O)Nc2nn3c(-c4cccc(OC)c4)nnc3s2)cc1. The molecule has 27 heavy (non-hydrogen) atoms. The zero-order chi connectivity index (χ0) is 18.8. The number of benzene rings is 2. The second kappa shape index (κ2) is 7.04. The van der Waals surface area contributed by atoms with Gasteiger partial charge in [0.1, 0.15) is 11.5 Å². The third kappa shape index (κ3) is 3.32. The van der Waals surface area contributed by atoms with Gasteiger partial charge in [-0.3, -0.25) is 10.1 Å². The van der Waals surface area contributed by atoms with E-state index >= 15 is 0 Å². The van der Waals surface area contributed by atoms with Crippen LogP contribution >= 0.6 is 11.3 Å². The average Bonchev–Trinajstić information content (AvgIpc) is 3.28. The van der Waals surface area contributed by atoms with Gasteiger partial charge in [-0.15, -0.1) is 15.3 Å². The summed E-state index contributed by atoms with van der Waals surface area (Å²) in [4.78, 5) is 13.0. The Kier molecular flexibility index (Phi) is 4.43. The first-order chi connectivity index (χ1) is 13.2. The van der Waals surface area contributed by atoms with Crippen molar-refractivity contribution in [3.8, 4) is 22.9 Å². The first-order valence-corrected chi connectivity index (χ1v) is 8.81. The van der Waals surface area contributed by atoms with E-state index in [1.807, 2.05) is 24.3 Å². The van der Waals surface area contributed by atoms with E-state index in [2.05, 4.69) is 20.6 Å². The van der Waals surface area contributed by atoms with Crippen molar-refractivity contribution in [3.63, 3.8) is 0 Å². The molecule has 9 heteroatoms. The molecular formula is C18H15N5O3S. The van der Waals surface area contributed by atoms with Crippen LogP contribution in [0.4, 0.5) is 5.13 Å². The monoisotopic (exact) mass is 381 g/mol. The third-order valence-corrected chi connectivity index (χ3v) is 4.71. The molecule has 0 spiro atoms. The molecule has 0 radical (unpaired) electrons. The molecule has 2 heterocycles. The second-order valence-corrected chi connectivity index (χ2v) is 6.50. The molecule has 0 saturated carbocycles.